The number of ether oxygens (including phenoxy) is 2. The topological polar surface area (TPSA) is 77.7 Å². The third-order valence-corrected chi connectivity index (χ3v) is 5.94. The lowest BCUT2D eigenvalue weighted by atomic mass is 9.93. The molecule has 0 saturated heterocycles. The standard InChI is InChI=1S/C25H29N3O4/c1-30-21-14-13-18(15-22(21)31-2)16-24(29)28(20-11-7-4-8-12-20)17-23-26-25(27-32-23)19-9-5-3-6-10-19/h3,5-6,9-10,13-15,20H,4,7-8,11-12,16-17H2,1-2H3. The second-order valence-electron chi connectivity index (χ2n) is 8.06. The maximum Gasteiger partial charge on any atom is 0.246 e. The molecule has 1 aromatic heterocycles. The quantitative estimate of drug-likeness (QED) is 0.512. The molecule has 0 unspecified atom stereocenters. The summed E-state index contributed by atoms with van der Waals surface area (Å²) in [5.74, 6) is 2.30. The van der Waals surface area contributed by atoms with Crippen LogP contribution in [0, 0.1) is 0 Å². The van der Waals surface area contributed by atoms with Gasteiger partial charge in [0.15, 0.2) is 11.5 Å². The maximum absolute atomic E-state index is 13.4. The number of carbonyl (C=O) groups excluding carboxylic acids is 1. The molecule has 7 nitrogen and oxygen atoms in total. The fourth-order valence-corrected chi connectivity index (χ4v) is 4.25. The van der Waals surface area contributed by atoms with E-state index < -0.39 is 0 Å². The highest BCUT2D eigenvalue weighted by Crippen LogP contribution is 2.29. The van der Waals surface area contributed by atoms with Crippen molar-refractivity contribution < 1.29 is 18.8 Å². The Morgan fingerprint density at radius 3 is 2.50 bits per heavy atom. The summed E-state index contributed by atoms with van der Waals surface area (Å²) >= 11 is 0. The predicted octanol–water partition coefficient (Wildman–Crippen LogP) is 4.66. The number of aromatic nitrogens is 2. The Bertz CT molecular complexity index is 1030. The number of hydrogen-bond acceptors (Lipinski definition) is 6. The Kier molecular flexibility index (Phi) is 7.04. The summed E-state index contributed by atoms with van der Waals surface area (Å²) in [6, 6.07) is 15.5. The van der Waals surface area contributed by atoms with Crippen LogP contribution in [0.5, 0.6) is 11.5 Å². The molecule has 0 N–H and O–H groups in total. The SMILES string of the molecule is COc1ccc(CC(=O)N(Cc2nc(-c3ccccc3)no2)C2CCCCC2)cc1OC. The summed E-state index contributed by atoms with van der Waals surface area (Å²) in [7, 11) is 3.19. The zero-order valence-electron chi connectivity index (χ0n) is 18.6. The van der Waals surface area contributed by atoms with Crippen LogP contribution in [0.4, 0.5) is 0 Å². The predicted molar refractivity (Wildman–Crippen MR) is 120 cm³/mol. The van der Waals surface area contributed by atoms with E-state index in [1.165, 1.54) is 6.42 Å². The molecular weight excluding hydrogens is 406 g/mol. The van der Waals surface area contributed by atoms with Crippen LogP contribution in [0.3, 0.4) is 0 Å². The minimum atomic E-state index is 0.0450. The lowest BCUT2D eigenvalue weighted by Crippen LogP contribution is -2.41. The van der Waals surface area contributed by atoms with E-state index >= 15 is 0 Å². The fourth-order valence-electron chi connectivity index (χ4n) is 4.25. The Hall–Kier alpha value is -3.35. The van der Waals surface area contributed by atoms with E-state index in [1.54, 1.807) is 14.2 Å². The van der Waals surface area contributed by atoms with Gasteiger partial charge >= 0.3 is 0 Å². The van der Waals surface area contributed by atoms with E-state index in [4.69, 9.17) is 14.0 Å². The van der Waals surface area contributed by atoms with Crippen LogP contribution >= 0.6 is 0 Å². The number of rotatable bonds is 8. The van der Waals surface area contributed by atoms with Gasteiger partial charge in [0.2, 0.25) is 17.6 Å². The first-order chi connectivity index (χ1) is 15.7. The van der Waals surface area contributed by atoms with E-state index in [0.29, 0.717) is 29.8 Å². The summed E-state index contributed by atoms with van der Waals surface area (Å²) in [6.45, 7) is 0.316. The number of hydrogen-bond donors (Lipinski definition) is 0. The molecule has 0 aliphatic heterocycles. The van der Waals surface area contributed by atoms with E-state index in [9.17, 15) is 4.79 Å². The van der Waals surface area contributed by atoms with Crippen LogP contribution in [-0.2, 0) is 17.8 Å². The number of amides is 1. The van der Waals surface area contributed by atoms with Crippen LogP contribution in [-0.4, -0.2) is 41.2 Å². The first-order valence-corrected chi connectivity index (χ1v) is 11.1. The molecule has 2 aromatic carbocycles. The van der Waals surface area contributed by atoms with Crippen LogP contribution in [0.25, 0.3) is 11.4 Å². The third kappa shape index (κ3) is 5.10. The van der Waals surface area contributed by atoms with Gasteiger partial charge in [-0.15, -0.1) is 0 Å². The van der Waals surface area contributed by atoms with Gasteiger partial charge in [-0.25, -0.2) is 0 Å². The monoisotopic (exact) mass is 435 g/mol. The highest BCUT2D eigenvalue weighted by Gasteiger charge is 2.27. The van der Waals surface area contributed by atoms with Crippen molar-refractivity contribution in [3.05, 3.63) is 60.0 Å². The molecule has 1 saturated carbocycles. The molecule has 1 aliphatic carbocycles. The van der Waals surface area contributed by atoms with Gasteiger partial charge in [0.05, 0.1) is 20.6 Å². The average molecular weight is 436 g/mol. The van der Waals surface area contributed by atoms with E-state index in [2.05, 4.69) is 10.1 Å². The molecular formula is C25H29N3O4. The molecule has 4 rings (SSSR count). The van der Waals surface area contributed by atoms with Gasteiger partial charge in [-0.05, 0) is 30.5 Å². The Balaban J connectivity index is 1.53. The van der Waals surface area contributed by atoms with Crippen molar-refractivity contribution in [2.24, 2.45) is 0 Å². The Labute approximate surface area is 188 Å². The third-order valence-electron chi connectivity index (χ3n) is 5.94. The number of carbonyl (C=O) groups is 1. The van der Waals surface area contributed by atoms with Crippen molar-refractivity contribution in [1.29, 1.82) is 0 Å². The molecule has 32 heavy (non-hydrogen) atoms. The van der Waals surface area contributed by atoms with Gasteiger partial charge in [0, 0.05) is 11.6 Å². The van der Waals surface area contributed by atoms with Gasteiger partial charge in [-0.2, -0.15) is 4.98 Å². The van der Waals surface area contributed by atoms with E-state index in [0.717, 1.165) is 36.8 Å². The van der Waals surface area contributed by atoms with E-state index in [-0.39, 0.29) is 18.4 Å². The lowest BCUT2D eigenvalue weighted by molar-refractivity contribution is -0.134. The van der Waals surface area contributed by atoms with Gasteiger partial charge in [-0.3, -0.25) is 4.79 Å². The number of nitrogens with zero attached hydrogens (tertiary/aromatic N) is 3. The molecule has 1 aliphatic rings. The van der Waals surface area contributed by atoms with Crippen molar-refractivity contribution in [1.82, 2.24) is 15.0 Å². The van der Waals surface area contributed by atoms with Gasteiger partial charge in [0.1, 0.15) is 6.54 Å². The van der Waals surface area contributed by atoms with Crippen molar-refractivity contribution in [2.75, 3.05) is 14.2 Å². The molecule has 1 heterocycles. The molecule has 168 valence electrons. The van der Waals surface area contributed by atoms with Crippen molar-refractivity contribution in [3.8, 4) is 22.9 Å². The average Bonchev–Trinajstić information content (AvgIpc) is 3.32. The highest BCUT2D eigenvalue weighted by atomic mass is 16.5. The molecule has 3 aromatic rings. The number of benzene rings is 2. The molecule has 0 spiro atoms. The van der Waals surface area contributed by atoms with Crippen LogP contribution in [0.15, 0.2) is 53.1 Å². The highest BCUT2D eigenvalue weighted by molar-refractivity contribution is 5.79. The molecule has 0 atom stereocenters. The molecule has 1 amide bonds. The Morgan fingerprint density at radius 1 is 1.03 bits per heavy atom. The second kappa shape index (κ2) is 10.3. The van der Waals surface area contributed by atoms with Crippen LogP contribution < -0.4 is 9.47 Å². The minimum absolute atomic E-state index is 0.0450. The van der Waals surface area contributed by atoms with Crippen LogP contribution in [0.2, 0.25) is 0 Å². The normalized spacial score (nSPS) is 14.2. The van der Waals surface area contributed by atoms with Crippen molar-refractivity contribution in [3.63, 3.8) is 0 Å². The molecule has 1 fully saturated rings. The molecule has 0 radical (unpaired) electrons. The van der Waals surface area contributed by atoms with Crippen LogP contribution in [0.1, 0.15) is 43.6 Å². The van der Waals surface area contributed by atoms with Gasteiger partial charge < -0.3 is 18.9 Å². The molecule has 0 bridgehead atoms. The maximum atomic E-state index is 13.4. The zero-order valence-corrected chi connectivity index (χ0v) is 18.6. The summed E-state index contributed by atoms with van der Waals surface area (Å²) in [5, 5.41) is 4.12. The minimum Gasteiger partial charge on any atom is -0.493 e. The van der Waals surface area contributed by atoms with Crippen molar-refractivity contribution in [2.45, 2.75) is 51.1 Å². The Morgan fingerprint density at radius 2 is 1.78 bits per heavy atom. The lowest BCUT2D eigenvalue weighted by Gasteiger charge is -2.33. The van der Waals surface area contributed by atoms with Gasteiger partial charge in [-0.1, -0.05) is 60.8 Å². The first-order valence-electron chi connectivity index (χ1n) is 11.1. The second-order valence-corrected chi connectivity index (χ2v) is 8.06. The fraction of sp³-hybridized carbons (Fsp3) is 0.400. The first kappa shape index (κ1) is 21.9. The summed E-state index contributed by atoms with van der Waals surface area (Å²) in [6.07, 6.45) is 5.74. The summed E-state index contributed by atoms with van der Waals surface area (Å²) in [4.78, 5) is 19.9. The smallest absolute Gasteiger partial charge is 0.246 e. The van der Waals surface area contributed by atoms with Gasteiger partial charge in [0.25, 0.3) is 0 Å². The molecule has 7 heteroatoms. The van der Waals surface area contributed by atoms with E-state index in [1.807, 2.05) is 53.4 Å². The summed E-state index contributed by atoms with van der Waals surface area (Å²) in [5.41, 5.74) is 1.77. The summed E-state index contributed by atoms with van der Waals surface area (Å²) < 4.78 is 16.2. The van der Waals surface area contributed by atoms with Crippen molar-refractivity contribution >= 4 is 5.91 Å². The number of methoxy groups -OCH3 is 2. The largest absolute Gasteiger partial charge is 0.493 e. The zero-order chi connectivity index (χ0) is 22.3.